The average Bonchev–Trinajstić information content (AvgIpc) is 2.40. The van der Waals surface area contributed by atoms with Crippen molar-refractivity contribution < 1.29 is 5.11 Å². The van der Waals surface area contributed by atoms with Crippen molar-refractivity contribution in [2.24, 2.45) is 5.92 Å². The summed E-state index contributed by atoms with van der Waals surface area (Å²) in [5.74, 6) is 0.620. The molecule has 0 bridgehead atoms. The van der Waals surface area contributed by atoms with Gasteiger partial charge in [-0.25, -0.2) is 0 Å². The van der Waals surface area contributed by atoms with E-state index in [2.05, 4.69) is 41.9 Å². The van der Waals surface area contributed by atoms with Crippen molar-refractivity contribution in [3.05, 3.63) is 69.2 Å². The Kier molecular flexibility index (Phi) is 5.00. The van der Waals surface area contributed by atoms with E-state index in [4.69, 9.17) is 0 Å². The molecule has 1 N–H and O–H groups in total. The lowest BCUT2D eigenvalue weighted by Crippen LogP contribution is -2.03. The Morgan fingerprint density at radius 2 is 1.85 bits per heavy atom. The number of aliphatic hydroxyl groups excluding tert-OH is 1. The van der Waals surface area contributed by atoms with Gasteiger partial charge in [0.25, 0.3) is 0 Å². The second-order valence-electron chi connectivity index (χ2n) is 5.75. The molecule has 1 nitrogen and oxygen atoms in total. The minimum Gasteiger partial charge on any atom is -0.384 e. The molecule has 0 aliphatic carbocycles. The Labute approximate surface area is 129 Å². The first-order chi connectivity index (χ1) is 9.47. The summed E-state index contributed by atoms with van der Waals surface area (Å²) in [7, 11) is 0. The maximum Gasteiger partial charge on any atom is 0.104 e. The minimum atomic E-state index is -0.570. The molecule has 0 heterocycles. The van der Waals surface area contributed by atoms with E-state index in [1.54, 1.807) is 0 Å². The van der Waals surface area contributed by atoms with E-state index in [0.29, 0.717) is 5.92 Å². The molecule has 0 spiro atoms. The van der Waals surface area contributed by atoms with Gasteiger partial charge in [0.1, 0.15) is 6.10 Å². The fourth-order valence-electron chi connectivity index (χ4n) is 2.45. The van der Waals surface area contributed by atoms with Crippen LogP contribution in [-0.2, 0) is 6.42 Å². The number of aryl methyl sites for hydroxylation is 1. The van der Waals surface area contributed by atoms with E-state index in [9.17, 15) is 5.11 Å². The zero-order valence-corrected chi connectivity index (χ0v) is 13.8. The van der Waals surface area contributed by atoms with E-state index in [-0.39, 0.29) is 0 Å². The number of rotatable bonds is 4. The van der Waals surface area contributed by atoms with Crippen molar-refractivity contribution in [3.8, 4) is 0 Å². The smallest absolute Gasteiger partial charge is 0.104 e. The molecular formula is C18H21BrO. The van der Waals surface area contributed by atoms with Crippen molar-refractivity contribution in [2.75, 3.05) is 0 Å². The quantitative estimate of drug-likeness (QED) is 0.831. The van der Waals surface area contributed by atoms with Crippen molar-refractivity contribution in [1.82, 2.24) is 0 Å². The number of halogens is 1. The fourth-order valence-corrected chi connectivity index (χ4v) is 2.83. The molecule has 20 heavy (non-hydrogen) atoms. The third-order valence-corrected chi connectivity index (χ3v) is 3.94. The molecule has 2 rings (SSSR count). The molecule has 0 aromatic heterocycles. The van der Waals surface area contributed by atoms with Gasteiger partial charge in [0.05, 0.1) is 0 Å². The predicted octanol–water partition coefficient (Wildman–Crippen LogP) is 5.04. The van der Waals surface area contributed by atoms with Crippen LogP contribution in [-0.4, -0.2) is 5.11 Å². The Balaban J connectivity index is 2.33. The molecule has 0 radical (unpaired) electrons. The van der Waals surface area contributed by atoms with Gasteiger partial charge in [-0.1, -0.05) is 60.1 Å². The zero-order valence-electron chi connectivity index (χ0n) is 12.2. The lowest BCUT2D eigenvalue weighted by atomic mass is 9.94. The molecule has 0 saturated heterocycles. The first-order valence-corrected chi connectivity index (χ1v) is 7.79. The summed E-state index contributed by atoms with van der Waals surface area (Å²) in [4.78, 5) is 0. The molecule has 1 unspecified atom stereocenters. The fraction of sp³-hybridized carbons (Fsp3) is 0.333. The van der Waals surface area contributed by atoms with Crippen LogP contribution in [0, 0.1) is 12.8 Å². The van der Waals surface area contributed by atoms with Crippen molar-refractivity contribution >= 4 is 15.9 Å². The van der Waals surface area contributed by atoms with Crippen LogP contribution < -0.4 is 0 Å². The summed E-state index contributed by atoms with van der Waals surface area (Å²) in [5.41, 5.74) is 4.31. The molecule has 2 heteroatoms. The lowest BCUT2D eigenvalue weighted by Gasteiger charge is -2.16. The highest BCUT2D eigenvalue weighted by molar-refractivity contribution is 9.10. The molecule has 2 aromatic carbocycles. The number of hydrogen-bond acceptors (Lipinski definition) is 1. The first-order valence-electron chi connectivity index (χ1n) is 7.00. The molecule has 0 amide bonds. The number of benzene rings is 2. The van der Waals surface area contributed by atoms with Gasteiger partial charge in [0.15, 0.2) is 0 Å². The Morgan fingerprint density at radius 3 is 2.55 bits per heavy atom. The van der Waals surface area contributed by atoms with Gasteiger partial charge in [0.2, 0.25) is 0 Å². The zero-order chi connectivity index (χ0) is 14.7. The van der Waals surface area contributed by atoms with Crippen LogP contribution in [0.15, 0.2) is 46.9 Å². The summed E-state index contributed by atoms with van der Waals surface area (Å²) in [5, 5.41) is 10.6. The second kappa shape index (κ2) is 6.55. The van der Waals surface area contributed by atoms with Gasteiger partial charge in [-0.3, -0.25) is 0 Å². The Morgan fingerprint density at radius 1 is 1.10 bits per heavy atom. The average molecular weight is 333 g/mol. The summed E-state index contributed by atoms with van der Waals surface area (Å²) in [6, 6.07) is 14.3. The summed E-state index contributed by atoms with van der Waals surface area (Å²) >= 11 is 3.47. The molecule has 0 aliphatic heterocycles. The number of hydrogen-bond donors (Lipinski definition) is 1. The Hall–Kier alpha value is -1.12. The Bertz CT molecular complexity index is 590. The van der Waals surface area contributed by atoms with Gasteiger partial charge in [-0.05, 0) is 53.6 Å². The van der Waals surface area contributed by atoms with E-state index < -0.39 is 6.10 Å². The lowest BCUT2D eigenvalue weighted by molar-refractivity contribution is 0.219. The maximum absolute atomic E-state index is 10.6. The van der Waals surface area contributed by atoms with Crippen LogP contribution in [0.25, 0.3) is 0 Å². The third kappa shape index (κ3) is 3.71. The van der Waals surface area contributed by atoms with Gasteiger partial charge in [-0.15, -0.1) is 0 Å². The van der Waals surface area contributed by atoms with E-state index >= 15 is 0 Å². The van der Waals surface area contributed by atoms with Gasteiger partial charge in [0, 0.05) is 4.47 Å². The van der Waals surface area contributed by atoms with Crippen molar-refractivity contribution in [1.29, 1.82) is 0 Å². The van der Waals surface area contributed by atoms with Crippen molar-refractivity contribution in [3.63, 3.8) is 0 Å². The van der Waals surface area contributed by atoms with Crippen LogP contribution >= 0.6 is 15.9 Å². The van der Waals surface area contributed by atoms with Crippen LogP contribution in [0.1, 0.15) is 42.2 Å². The minimum absolute atomic E-state index is 0.570. The second-order valence-corrected chi connectivity index (χ2v) is 6.66. The molecular weight excluding hydrogens is 312 g/mol. The predicted molar refractivity (Wildman–Crippen MR) is 87.9 cm³/mol. The van der Waals surface area contributed by atoms with Crippen LogP contribution in [0.3, 0.4) is 0 Å². The summed E-state index contributed by atoms with van der Waals surface area (Å²) in [6.45, 7) is 6.45. The van der Waals surface area contributed by atoms with Gasteiger partial charge in [-0.2, -0.15) is 0 Å². The third-order valence-electron chi connectivity index (χ3n) is 3.45. The molecule has 2 aromatic rings. The largest absolute Gasteiger partial charge is 0.384 e. The molecule has 1 atom stereocenters. The van der Waals surface area contributed by atoms with Crippen LogP contribution in [0.5, 0.6) is 0 Å². The van der Waals surface area contributed by atoms with E-state index in [0.717, 1.165) is 27.6 Å². The van der Waals surface area contributed by atoms with E-state index in [1.165, 1.54) is 5.56 Å². The molecule has 106 valence electrons. The molecule has 0 aliphatic rings. The topological polar surface area (TPSA) is 20.2 Å². The monoisotopic (exact) mass is 332 g/mol. The summed E-state index contributed by atoms with van der Waals surface area (Å²) in [6.07, 6.45) is 0.470. The van der Waals surface area contributed by atoms with Crippen LogP contribution in [0.4, 0.5) is 0 Å². The van der Waals surface area contributed by atoms with E-state index in [1.807, 2.05) is 37.3 Å². The molecule has 0 saturated carbocycles. The highest BCUT2D eigenvalue weighted by Gasteiger charge is 2.14. The normalized spacial score (nSPS) is 12.7. The standard InChI is InChI=1S/C18H21BrO/c1-12(2)9-14-5-4-6-15(10-14)18(20)17-11-16(19)8-7-13(17)3/h4-8,10-12,18,20H,9H2,1-3H3. The highest BCUT2D eigenvalue weighted by Crippen LogP contribution is 2.28. The SMILES string of the molecule is Cc1ccc(Br)cc1C(O)c1cccc(CC(C)C)c1. The summed E-state index contributed by atoms with van der Waals surface area (Å²) < 4.78 is 0.996. The first kappa shape index (κ1) is 15.3. The number of aliphatic hydroxyl groups is 1. The highest BCUT2D eigenvalue weighted by atomic mass is 79.9. The molecule has 0 fully saturated rings. The maximum atomic E-state index is 10.6. The van der Waals surface area contributed by atoms with Crippen LogP contribution in [0.2, 0.25) is 0 Å². The van der Waals surface area contributed by atoms with Gasteiger partial charge < -0.3 is 5.11 Å². The van der Waals surface area contributed by atoms with Crippen molar-refractivity contribution in [2.45, 2.75) is 33.3 Å². The van der Waals surface area contributed by atoms with Gasteiger partial charge >= 0.3 is 0 Å².